The molecule has 3 atom stereocenters. The lowest BCUT2D eigenvalue weighted by Gasteiger charge is -2.30. The minimum Gasteiger partial charge on any atom is -0.318 e. The minimum absolute atomic E-state index is 0.0630. The molecule has 0 saturated carbocycles. The van der Waals surface area contributed by atoms with E-state index in [1.807, 2.05) is 11.8 Å². The molecule has 2 rings (SSSR count). The average molecular weight is 280 g/mol. The van der Waals surface area contributed by atoms with Crippen LogP contribution in [-0.2, 0) is 4.79 Å². The van der Waals surface area contributed by atoms with E-state index in [0.29, 0.717) is 6.04 Å². The average Bonchev–Trinajstić information content (AvgIpc) is 2.92. The summed E-state index contributed by atoms with van der Waals surface area (Å²) in [7, 11) is 0. The van der Waals surface area contributed by atoms with Gasteiger partial charge in [-0.25, -0.2) is 0 Å². The molecule has 1 amide bonds. The smallest absolute Gasteiger partial charge is 0.241 e. The number of unbranched alkanes of at least 4 members (excludes halogenated alkanes) is 1. The van der Waals surface area contributed by atoms with Crippen LogP contribution in [0.15, 0.2) is 12.1 Å². The highest BCUT2D eigenvalue weighted by Gasteiger charge is 2.39. The Kier molecular flexibility index (Phi) is 4.63. The van der Waals surface area contributed by atoms with E-state index in [-0.39, 0.29) is 18.1 Å². The van der Waals surface area contributed by atoms with Gasteiger partial charge in [-0.3, -0.25) is 10.1 Å². The number of nitrogens with zero attached hydrogens (tertiary/aromatic N) is 1. The first-order chi connectivity index (χ1) is 9.04. The van der Waals surface area contributed by atoms with Crippen molar-refractivity contribution in [3.63, 3.8) is 0 Å². The molecule has 0 aromatic carbocycles. The Hall–Kier alpha value is -0.870. The summed E-state index contributed by atoms with van der Waals surface area (Å²) in [6, 6.07) is 4.50. The topological polar surface area (TPSA) is 32.3 Å². The van der Waals surface area contributed by atoms with Gasteiger partial charge in [0.25, 0.3) is 0 Å². The van der Waals surface area contributed by atoms with Crippen molar-refractivity contribution in [2.45, 2.75) is 65.2 Å². The van der Waals surface area contributed by atoms with Crippen molar-refractivity contribution in [1.82, 2.24) is 10.2 Å². The molecule has 4 heteroatoms. The van der Waals surface area contributed by atoms with Crippen LogP contribution >= 0.6 is 11.3 Å². The molecule has 1 aliphatic heterocycles. The predicted molar refractivity (Wildman–Crippen MR) is 80.2 cm³/mol. The van der Waals surface area contributed by atoms with Gasteiger partial charge in [0, 0.05) is 15.8 Å². The van der Waals surface area contributed by atoms with Gasteiger partial charge >= 0.3 is 0 Å². The van der Waals surface area contributed by atoms with Crippen molar-refractivity contribution in [2.24, 2.45) is 0 Å². The lowest BCUT2D eigenvalue weighted by molar-refractivity contribution is -0.131. The van der Waals surface area contributed by atoms with Crippen LogP contribution in [0.5, 0.6) is 0 Å². The van der Waals surface area contributed by atoms with Crippen LogP contribution in [0, 0.1) is 6.92 Å². The highest BCUT2D eigenvalue weighted by Crippen LogP contribution is 2.32. The molecule has 19 heavy (non-hydrogen) atoms. The van der Waals surface area contributed by atoms with Gasteiger partial charge in [-0.05, 0) is 39.3 Å². The van der Waals surface area contributed by atoms with Crippen LogP contribution in [0.1, 0.15) is 56.0 Å². The normalized spacial score (nSPS) is 25.1. The summed E-state index contributed by atoms with van der Waals surface area (Å²) >= 11 is 1.78. The number of hydrogen-bond acceptors (Lipinski definition) is 3. The van der Waals surface area contributed by atoms with E-state index in [4.69, 9.17) is 0 Å². The molecule has 0 radical (unpaired) electrons. The maximum absolute atomic E-state index is 12.4. The number of aryl methyl sites for hydroxylation is 1. The van der Waals surface area contributed by atoms with Crippen molar-refractivity contribution < 1.29 is 4.79 Å². The van der Waals surface area contributed by atoms with Gasteiger partial charge in [0.2, 0.25) is 5.91 Å². The minimum atomic E-state index is -0.0727. The van der Waals surface area contributed by atoms with Gasteiger partial charge in [0.15, 0.2) is 0 Å². The number of carbonyl (C=O) groups is 1. The fourth-order valence-electron chi connectivity index (χ4n) is 2.67. The van der Waals surface area contributed by atoms with Crippen molar-refractivity contribution in [3.8, 4) is 0 Å². The molecule has 0 bridgehead atoms. The second-order valence-electron chi connectivity index (χ2n) is 5.48. The van der Waals surface area contributed by atoms with Gasteiger partial charge < -0.3 is 4.90 Å². The zero-order valence-electron chi connectivity index (χ0n) is 12.3. The molecule has 3 nitrogen and oxygen atoms in total. The third kappa shape index (κ3) is 3.00. The van der Waals surface area contributed by atoms with E-state index in [2.05, 4.69) is 38.2 Å². The molecule has 1 fully saturated rings. The van der Waals surface area contributed by atoms with Gasteiger partial charge in [-0.1, -0.05) is 19.8 Å². The number of carbonyl (C=O) groups excluding carboxylic acids is 1. The quantitative estimate of drug-likeness (QED) is 0.896. The first-order valence-electron chi connectivity index (χ1n) is 7.19. The number of amides is 1. The molecule has 0 spiro atoms. The fraction of sp³-hybridized carbons (Fsp3) is 0.667. The van der Waals surface area contributed by atoms with Gasteiger partial charge in [0.1, 0.15) is 6.17 Å². The largest absolute Gasteiger partial charge is 0.318 e. The summed E-state index contributed by atoms with van der Waals surface area (Å²) < 4.78 is 0. The maximum Gasteiger partial charge on any atom is 0.241 e. The molecule has 1 N–H and O–H groups in total. The number of rotatable bonds is 5. The maximum atomic E-state index is 12.4. The molecule has 106 valence electrons. The van der Waals surface area contributed by atoms with E-state index >= 15 is 0 Å². The molecular weight excluding hydrogens is 256 g/mol. The van der Waals surface area contributed by atoms with Gasteiger partial charge in [0.05, 0.1) is 6.04 Å². The Labute approximate surface area is 120 Å². The molecule has 1 saturated heterocycles. The highest BCUT2D eigenvalue weighted by molar-refractivity contribution is 7.12. The predicted octanol–water partition coefficient (Wildman–Crippen LogP) is 3.45. The Morgan fingerprint density at radius 2 is 2.21 bits per heavy atom. The van der Waals surface area contributed by atoms with Crippen LogP contribution in [0.3, 0.4) is 0 Å². The zero-order valence-corrected chi connectivity index (χ0v) is 13.1. The molecular formula is C15H24N2OS. The third-order valence-corrected chi connectivity index (χ3v) is 4.85. The summed E-state index contributed by atoms with van der Waals surface area (Å²) in [4.78, 5) is 17.0. The van der Waals surface area contributed by atoms with Gasteiger partial charge in [-0.2, -0.15) is 0 Å². The van der Waals surface area contributed by atoms with Crippen LogP contribution in [0.25, 0.3) is 0 Å². The Morgan fingerprint density at radius 1 is 1.47 bits per heavy atom. The van der Waals surface area contributed by atoms with Crippen molar-refractivity contribution in [3.05, 3.63) is 21.9 Å². The second kappa shape index (κ2) is 6.06. The van der Waals surface area contributed by atoms with E-state index in [1.54, 1.807) is 11.3 Å². The number of thiophene rings is 1. The Morgan fingerprint density at radius 3 is 2.79 bits per heavy atom. The highest BCUT2D eigenvalue weighted by atomic mass is 32.1. The lowest BCUT2D eigenvalue weighted by atomic mass is 10.1. The SMILES string of the molecule is CCCCC(C)N1C(=O)C(C)NC1c1ccc(C)s1. The first kappa shape index (κ1) is 14.5. The van der Waals surface area contributed by atoms with Crippen molar-refractivity contribution in [2.75, 3.05) is 0 Å². The molecule has 2 heterocycles. The Bertz CT molecular complexity index is 443. The van der Waals surface area contributed by atoms with Crippen molar-refractivity contribution >= 4 is 17.2 Å². The molecule has 1 aromatic heterocycles. The summed E-state index contributed by atoms with van der Waals surface area (Å²) in [5.74, 6) is 0.236. The standard InChI is InChI=1S/C15H24N2OS/c1-5-6-7-10(2)17-14(16-12(4)15(17)18)13-9-8-11(3)19-13/h8-10,12,14,16H,5-7H2,1-4H3. The van der Waals surface area contributed by atoms with Crippen LogP contribution in [-0.4, -0.2) is 22.9 Å². The van der Waals surface area contributed by atoms with Crippen LogP contribution < -0.4 is 5.32 Å². The molecule has 1 aromatic rings. The van der Waals surface area contributed by atoms with E-state index in [9.17, 15) is 4.79 Å². The number of hydrogen-bond donors (Lipinski definition) is 1. The summed E-state index contributed by atoms with van der Waals surface area (Å²) in [5.41, 5.74) is 0. The fourth-order valence-corrected chi connectivity index (χ4v) is 3.61. The van der Waals surface area contributed by atoms with Crippen LogP contribution in [0.4, 0.5) is 0 Å². The first-order valence-corrected chi connectivity index (χ1v) is 8.00. The monoisotopic (exact) mass is 280 g/mol. The van der Waals surface area contributed by atoms with Crippen LogP contribution in [0.2, 0.25) is 0 Å². The summed E-state index contributed by atoms with van der Waals surface area (Å²) in [6.07, 6.45) is 3.50. The summed E-state index contributed by atoms with van der Waals surface area (Å²) in [5, 5.41) is 3.43. The van der Waals surface area contributed by atoms with E-state index in [0.717, 1.165) is 6.42 Å². The third-order valence-electron chi connectivity index (χ3n) is 3.79. The van der Waals surface area contributed by atoms with Gasteiger partial charge in [-0.15, -0.1) is 11.3 Å². The van der Waals surface area contributed by atoms with E-state index < -0.39 is 0 Å². The lowest BCUT2D eigenvalue weighted by Crippen LogP contribution is -2.38. The zero-order chi connectivity index (χ0) is 14.0. The molecule has 1 aliphatic rings. The Balaban J connectivity index is 2.18. The molecule has 0 aliphatic carbocycles. The van der Waals surface area contributed by atoms with E-state index in [1.165, 1.54) is 22.6 Å². The molecule has 3 unspecified atom stereocenters. The second-order valence-corrected chi connectivity index (χ2v) is 6.80. The summed E-state index contributed by atoms with van der Waals surface area (Å²) in [6.45, 7) is 8.43. The van der Waals surface area contributed by atoms with Crippen molar-refractivity contribution in [1.29, 1.82) is 0 Å². The number of nitrogens with one attached hydrogen (secondary N) is 1.